The number of carbonyl (C=O) groups excluding carboxylic acids is 1. The Morgan fingerprint density at radius 3 is 2.82 bits per heavy atom. The van der Waals surface area contributed by atoms with Crippen LogP contribution in [0.5, 0.6) is 0 Å². The van der Waals surface area contributed by atoms with Gasteiger partial charge in [0.15, 0.2) is 0 Å². The Labute approximate surface area is 125 Å². The molecule has 0 aliphatic heterocycles. The monoisotopic (exact) mass is 296 g/mol. The van der Waals surface area contributed by atoms with Crippen LogP contribution < -0.4 is 5.32 Å². The van der Waals surface area contributed by atoms with Crippen molar-refractivity contribution in [3.05, 3.63) is 54.2 Å². The SMILES string of the molecule is Cc1ccc(-c2nnc(CNC(=O)c3cnccn3)o2)cn1. The number of nitrogens with zero attached hydrogens (tertiary/aromatic N) is 5. The lowest BCUT2D eigenvalue weighted by Crippen LogP contribution is -2.24. The van der Waals surface area contributed by atoms with Crippen LogP contribution in [0.15, 0.2) is 41.3 Å². The summed E-state index contributed by atoms with van der Waals surface area (Å²) in [5.74, 6) is 0.300. The predicted octanol–water partition coefficient (Wildman–Crippen LogP) is 1.16. The lowest BCUT2D eigenvalue weighted by atomic mass is 10.2. The Bertz CT molecular complexity index is 770. The molecule has 0 spiro atoms. The Hall–Kier alpha value is -3.16. The number of hydrogen-bond donors (Lipinski definition) is 1. The second-order valence-corrected chi connectivity index (χ2v) is 4.46. The van der Waals surface area contributed by atoms with Crippen LogP contribution in [0.25, 0.3) is 11.5 Å². The molecule has 0 radical (unpaired) electrons. The number of pyridine rings is 1. The smallest absolute Gasteiger partial charge is 0.271 e. The molecule has 3 rings (SSSR count). The first kappa shape index (κ1) is 13.8. The van der Waals surface area contributed by atoms with E-state index in [1.807, 2.05) is 19.1 Å². The molecule has 0 saturated heterocycles. The van der Waals surface area contributed by atoms with Gasteiger partial charge in [-0.1, -0.05) is 0 Å². The first-order valence-electron chi connectivity index (χ1n) is 6.52. The van der Waals surface area contributed by atoms with Crippen LogP contribution in [-0.4, -0.2) is 31.1 Å². The van der Waals surface area contributed by atoms with E-state index in [1.165, 1.54) is 18.6 Å². The van der Waals surface area contributed by atoms with Crippen LogP contribution in [0.4, 0.5) is 0 Å². The minimum atomic E-state index is -0.357. The minimum absolute atomic E-state index is 0.113. The number of aromatic nitrogens is 5. The van der Waals surface area contributed by atoms with E-state index in [1.54, 1.807) is 6.20 Å². The number of nitrogens with one attached hydrogen (secondary N) is 1. The highest BCUT2D eigenvalue weighted by atomic mass is 16.4. The molecule has 0 aliphatic rings. The predicted molar refractivity (Wildman–Crippen MR) is 75.5 cm³/mol. The normalized spacial score (nSPS) is 10.4. The Morgan fingerprint density at radius 2 is 2.09 bits per heavy atom. The van der Waals surface area contributed by atoms with Crippen molar-refractivity contribution < 1.29 is 9.21 Å². The van der Waals surface area contributed by atoms with E-state index in [9.17, 15) is 4.79 Å². The summed E-state index contributed by atoms with van der Waals surface area (Å²) in [6, 6.07) is 3.70. The van der Waals surface area contributed by atoms with E-state index >= 15 is 0 Å². The van der Waals surface area contributed by atoms with Crippen molar-refractivity contribution in [2.75, 3.05) is 0 Å². The summed E-state index contributed by atoms with van der Waals surface area (Å²) < 4.78 is 5.48. The van der Waals surface area contributed by atoms with Crippen molar-refractivity contribution in [2.24, 2.45) is 0 Å². The quantitative estimate of drug-likeness (QED) is 0.769. The highest BCUT2D eigenvalue weighted by Gasteiger charge is 2.11. The van der Waals surface area contributed by atoms with Gasteiger partial charge in [0.25, 0.3) is 5.91 Å². The first-order valence-corrected chi connectivity index (χ1v) is 6.52. The third-order valence-electron chi connectivity index (χ3n) is 2.82. The van der Waals surface area contributed by atoms with Gasteiger partial charge in [-0.15, -0.1) is 10.2 Å². The van der Waals surface area contributed by atoms with E-state index in [4.69, 9.17) is 4.42 Å². The average Bonchev–Trinajstić information content (AvgIpc) is 3.03. The Morgan fingerprint density at radius 1 is 1.18 bits per heavy atom. The molecule has 1 amide bonds. The summed E-state index contributed by atoms with van der Waals surface area (Å²) in [6.45, 7) is 2.01. The lowest BCUT2D eigenvalue weighted by Gasteiger charge is -2.00. The van der Waals surface area contributed by atoms with Crippen molar-refractivity contribution >= 4 is 5.91 Å². The van der Waals surface area contributed by atoms with Gasteiger partial charge in [-0.3, -0.25) is 14.8 Å². The first-order chi connectivity index (χ1) is 10.7. The van der Waals surface area contributed by atoms with Crippen molar-refractivity contribution in [2.45, 2.75) is 13.5 Å². The summed E-state index contributed by atoms with van der Waals surface area (Å²) in [5, 5.41) is 10.5. The number of rotatable bonds is 4. The molecule has 0 bridgehead atoms. The van der Waals surface area contributed by atoms with E-state index < -0.39 is 0 Å². The topological polar surface area (TPSA) is 107 Å². The van der Waals surface area contributed by atoms with Gasteiger partial charge in [0.1, 0.15) is 5.69 Å². The van der Waals surface area contributed by atoms with E-state index in [2.05, 4.69) is 30.5 Å². The Balaban J connectivity index is 1.65. The molecule has 0 aliphatic carbocycles. The second-order valence-electron chi connectivity index (χ2n) is 4.46. The lowest BCUT2D eigenvalue weighted by molar-refractivity contribution is 0.0942. The van der Waals surface area contributed by atoms with Crippen molar-refractivity contribution in [1.82, 2.24) is 30.5 Å². The highest BCUT2D eigenvalue weighted by Crippen LogP contribution is 2.16. The molecule has 0 atom stereocenters. The molecule has 22 heavy (non-hydrogen) atoms. The zero-order valence-corrected chi connectivity index (χ0v) is 11.7. The van der Waals surface area contributed by atoms with Gasteiger partial charge >= 0.3 is 0 Å². The maximum absolute atomic E-state index is 11.8. The minimum Gasteiger partial charge on any atom is -0.419 e. The zero-order chi connectivity index (χ0) is 15.4. The summed E-state index contributed by atoms with van der Waals surface area (Å²) in [6.07, 6.45) is 5.98. The summed E-state index contributed by atoms with van der Waals surface area (Å²) in [7, 11) is 0. The molecule has 0 aromatic carbocycles. The molecular weight excluding hydrogens is 284 g/mol. The van der Waals surface area contributed by atoms with Gasteiger partial charge in [-0.2, -0.15) is 0 Å². The summed E-state index contributed by atoms with van der Waals surface area (Å²) in [4.78, 5) is 23.7. The molecular formula is C14H12N6O2. The summed E-state index contributed by atoms with van der Waals surface area (Å²) in [5.41, 5.74) is 1.86. The maximum Gasteiger partial charge on any atom is 0.271 e. The largest absolute Gasteiger partial charge is 0.419 e. The van der Waals surface area contributed by atoms with E-state index in [0.717, 1.165) is 11.3 Å². The molecule has 3 aromatic rings. The van der Waals surface area contributed by atoms with Crippen LogP contribution in [-0.2, 0) is 6.54 Å². The fourth-order valence-electron chi connectivity index (χ4n) is 1.70. The number of amides is 1. The van der Waals surface area contributed by atoms with Gasteiger partial charge in [0.2, 0.25) is 11.8 Å². The molecule has 0 unspecified atom stereocenters. The van der Waals surface area contributed by atoms with Gasteiger partial charge < -0.3 is 9.73 Å². The molecule has 8 heteroatoms. The van der Waals surface area contributed by atoms with Gasteiger partial charge in [0.05, 0.1) is 18.3 Å². The van der Waals surface area contributed by atoms with Crippen LogP contribution in [0, 0.1) is 6.92 Å². The van der Waals surface area contributed by atoms with E-state index in [-0.39, 0.29) is 18.1 Å². The molecule has 110 valence electrons. The van der Waals surface area contributed by atoms with E-state index in [0.29, 0.717) is 11.8 Å². The third-order valence-corrected chi connectivity index (χ3v) is 2.82. The zero-order valence-electron chi connectivity index (χ0n) is 11.7. The average molecular weight is 296 g/mol. The molecule has 8 nitrogen and oxygen atoms in total. The van der Waals surface area contributed by atoms with Crippen molar-refractivity contribution in [3.8, 4) is 11.5 Å². The van der Waals surface area contributed by atoms with Crippen LogP contribution in [0.3, 0.4) is 0 Å². The molecule has 1 N–H and O–H groups in total. The highest BCUT2D eigenvalue weighted by molar-refractivity contribution is 5.91. The maximum atomic E-state index is 11.8. The number of hydrogen-bond acceptors (Lipinski definition) is 7. The van der Waals surface area contributed by atoms with Crippen molar-refractivity contribution in [1.29, 1.82) is 0 Å². The standard InChI is InChI=1S/C14H12N6O2/c1-9-2-3-10(6-17-9)14-20-19-12(22-14)8-18-13(21)11-7-15-4-5-16-11/h2-7H,8H2,1H3,(H,18,21). The molecule has 3 aromatic heterocycles. The summed E-state index contributed by atoms with van der Waals surface area (Å²) >= 11 is 0. The second kappa shape index (κ2) is 6.08. The van der Waals surface area contributed by atoms with Gasteiger partial charge in [-0.25, -0.2) is 4.98 Å². The number of aryl methyl sites for hydroxylation is 1. The van der Waals surface area contributed by atoms with Gasteiger partial charge in [-0.05, 0) is 19.1 Å². The Kier molecular flexibility index (Phi) is 3.82. The van der Waals surface area contributed by atoms with Crippen molar-refractivity contribution in [3.63, 3.8) is 0 Å². The van der Waals surface area contributed by atoms with Crippen LogP contribution >= 0.6 is 0 Å². The number of carbonyl (C=O) groups is 1. The van der Waals surface area contributed by atoms with Gasteiger partial charge in [0, 0.05) is 24.3 Å². The molecule has 0 saturated carbocycles. The van der Waals surface area contributed by atoms with Crippen LogP contribution in [0.1, 0.15) is 22.1 Å². The fourth-order valence-corrected chi connectivity index (χ4v) is 1.70. The molecule has 0 fully saturated rings. The van der Waals surface area contributed by atoms with Crippen LogP contribution in [0.2, 0.25) is 0 Å². The third kappa shape index (κ3) is 3.11. The molecule has 3 heterocycles. The fraction of sp³-hybridized carbons (Fsp3) is 0.143.